The summed E-state index contributed by atoms with van der Waals surface area (Å²) in [4.78, 5) is 23.7. The molecular weight excluding hydrogens is 258 g/mol. The lowest BCUT2D eigenvalue weighted by Gasteiger charge is -2.34. The number of hydrogen-bond donors (Lipinski definition) is 2. The van der Waals surface area contributed by atoms with E-state index in [4.69, 9.17) is 4.74 Å². The number of amides is 1. The van der Waals surface area contributed by atoms with Gasteiger partial charge in [-0.25, -0.2) is 4.79 Å². The summed E-state index contributed by atoms with van der Waals surface area (Å²) in [5, 5.41) is 12.1. The van der Waals surface area contributed by atoms with Gasteiger partial charge >= 0.3 is 5.97 Å². The SMILES string of the molecule is COc1ccc(C(=O)NC2(C(=O)O)CCCCC2)cc1. The number of carbonyl (C=O) groups is 2. The Hall–Kier alpha value is -2.04. The van der Waals surface area contributed by atoms with Crippen LogP contribution in [0.3, 0.4) is 0 Å². The molecule has 1 amide bonds. The molecule has 0 radical (unpaired) electrons. The van der Waals surface area contributed by atoms with Crippen LogP contribution in [0.25, 0.3) is 0 Å². The first-order valence-corrected chi connectivity index (χ1v) is 6.77. The zero-order valence-electron chi connectivity index (χ0n) is 11.5. The van der Waals surface area contributed by atoms with Gasteiger partial charge in [0.2, 0.25) is 0 Å². The molecule has 2 N–H and O–H groups in total. The molecule has 0 bridgehead atoms. The van der Waals surface area contributed by atoms with Crippen molar-refractivity contribution in [2.75, 3.05) is 7.11 Å². The van der Waals surface area contributed by atoms with Crippen molar-refractivity contribution in [2.45, 2.75) is 37.6 Å². The van der Waals surface area contributed by atoms with Crippen molar-refractivity contribution in [1.29, 1.82) is 0 Å². The zero-order valence-corrected chi connectivity index (χ0v) is 11.5. The van der Waals surface area contributed by atoms with E-state index in [0.717, 1.165) is 19.3 Å². The Morgan fingerprint density at radius 3 is 2.25 bits per heavy atom. The van der Waals surface area contributed by atoms with Crippen LogP contribution in [0.4, 0.5) is 0 Å². The predicted octanol–water partition coefficient (Wildman–Crippen LogP) is 2.21. The summed E-state index contributed by atoms with van der Waals surface area (Å²) in [6.07, 6.45) is 3.66. The lowest BCUT2D eigenvalue weighted by atomic mass is 9.81. The average molecular weight is 277 g/mol. The molecule has 5 heteroatoms. The van der Waals surface area contributed by atoms with Gasteiger partial charge in [0, 0.05) is 5.56 Å². The third-order valence-electron chi connectivity index (χ3n) is 3.82. The Kier molecular flexibility index (Phi) is 4.27. The van der Waals surface area contributed by atoms with Crippen LogP contribution in [0.15, 0.2) is 24.3 Å². The molecule has 0 heterocycles. The first kappa shape index (κ1) is 14.4. The fraction of sp³-hybridized carbons (Fsp3) is 0.467. The third kappa shape index (κ3) is 2.92. The van der Waals surface area contributed by atoms with E-state index in [9.17, 15) is 14.7 Å². The normalized spacial score (nSPS) is 17.2. The van der Waals surface area contributed by atoms with Crippen molar-refractivity contribution in [3.8, 4) is 5.75 Å². The van der Waals surface area contributed by atoms with Gasteiger partial charge in [-0.1, -0.05) is 19.3 Å². The minimum Gasteiger partial charge on any atom is -0.497 e. The fourth-order valence-corrected chi connectivity index (χ4v) is 2.58. The van der Waals surface area contributed by atoms with Crippen molar-refractivity contribution >= 4 is 11.9 Å². The average Bonchev–Trinajstić information content (AvgIpc) is 2.48. The first-order chi connectivity index (χ1) is 9.57. The monoisotopic (exact) mass is 277 g/mol. The lowest BCUT2D eigenvalue weighted by molar-refractivity contribution is -0.145. The van der Waals surface area contributed by atoms with Gasteiger partial charge in [-0.15, -0.1) is 0 Å². The number of aliphatic carboxylic acids is 1. The van der Waals surface area contributed by atoms with E-state index in [1.807, 2.05) is 0 Å². The number of nitrogens with one attached hydrogen (secondary N) is 1. The van der Waals surface area contributed by atoms with E-state index in [-0.39, 0.29) is 5.91 Å². The van der Waals surface area contributed by atoms with Crippen molar-refractivity contribution in [3.05, 3.63) is 29.8 Å². The van der Waals surface area contributed by atoms with Gasteiger partial charge < -0.3 is 15.2 Å². The van der Waals surface area contributed by atoms with Crippen molar-refractivity contribution in [1.82, 2.24) is 5.32 Å². The summed E-state index contributed by atoms with van der Waals surface area (Å²) >= 11 is 0. The molecule has 1 fully saturated rings. The van der Waals surface area contributed by atoms with Crippen LogP contribution in [0.2, 0.25) is 0 Å². The van der Waals surface area contributed by atoms with E-state index in [1.54, 1.807) is 31.4 Å². The largest absolute Gasteiger partial charge is 0.497 e. The van der Waals surface area contributed by atoms with E-state index >= 15 is 0 Å². The molecule has 0 unspecified atom stereocenters. The van der Waals surface area contributed by atoms with Gasteiger partial charge in [-0.05, 0) is 37.1 Å². The topological polar surface area (TPSA) is 75.6 Å². The Morgan fingerprint density at radius 1 is 1.15 bits per heavy atom. The molecule has 0 atom stereocenters. The lowest BCUT2D eigenvalue weighted by Crippen LogP contribution is -2.55. The molecule has 0 aromatic heterocycles. The number of methoxy groups -OCH3 is 1. The Labute approximate surface area is 117 Å². The van der Waals surface area contributed by atoms with Gasteiger partial charge in [-0.2, -0.15) is 0 Å². The second-order valence-corrected chi connectivity index (χ2v) is 5.13. The standard InChI is InChI=1S/C15H19NO4/c1-20-12-7-5-11(6-8-12)13(17)16-15(14(18)19)9-3-2-4-10-15/h5-8H,2-4,9-10H2,1H3,(H,16,17)(H,18,19). The molecule has 1 aromatic rings. The highest BCUT2D eigenvalue weighted by Gasteiger charge is 2.41. The molecule has 0 saturated heterocycles. The van der Waals surface area contributed by atoms with Crippen LogP contribution >= 0.6 is 0 Å². The molecule has 108 valence electrons. The van der Waals surface area contributed by atoms with Crippen LogP contribution in [-0.2, 0) is 4.79 Å². The van der Waals surface area contributed by atoms with Gasteiger partial charge in [0.05, 0.1) is 7.11 Å². The second kappa shape index (κ2) is 5.94. The van der Waals surface area contributed by atoms with E-state index in [0.29, 0.717) is 24.2 Å². The maximum Gasteiger partial charge on any atom is 0.329 e. The molecule has 0 spiro atoms. The minimum atomic E-state index is -1.12. The number of ether oxygens (including phenoxy) is 1. The number of rotatable bonds is 4. The van der Waals surface area contributed by atoms with E-state index in [2.05, 4.69) is 5.32 Å². The van der Waals surface area contributed by atoms with Crippen LogP contribution in [0.1, 0.15) is 42.5 Å². The molecule has 5 nitrogen and oxygen atoms in total. The van der Waals surface area contributed by atoms with Crippen LogP contribution < -0.4 is 10.1 Å². The fourth-order valence-electron chi connectivity index (χ4n) is 2.58. The quantitative estimate of drug-likeness (QED) is 0.884. The van der Waals surface area contributed by atoms with E-state index < -0.39 is 11.5 Å². The molecule has 1 aromatic carbocycles. The Bertz CT molecular complexity index is 489. The molecule has 2 rings (SSSR count). The van der Waals surface area contributed by atoms with Gasteiger partial charge in [0.15, 0.2) is 0 Å². The van der Waals surface area contributed by atoms with Crippen LogP contribution in [-0.4, -0.2) is 29.6 Å². The van der Waals surface area contributed by atoms with Gasteiger partial charge in [-0.3, -0.25) is 4.79 Å². The molecule has 1 saturated carbocycles. The maximum absolute atomic E-state index is 12.2. The minimum absolute atomic E-state index is 0.350. The summed E-state index contributed by atoms with van der Waals surface area (Å²) < 4.78 is 5.03. The summed E-state index contributed by atoms with van der Waals surface area (Å²) in [5.74, 6) is -0.636. The zero-order chi connectivity index (χ0) is 14.6. The molecule has 0 aliphatic heterocycles. The third-order valence-corrected chi connectivity index (χ3v) is 3.82. The summed E-state index contributed by atoms with van der Waals surface area (Å²) in [6.45, 7) is 0. The molecule has 1 aliphatic rings. The smallest absolute Gasteiger partial charge is 0.329 e. The maximum atomic E-state index is 12.2. The number of carbonyl (C=O) groups excluding carboxylic acids is 1. The second-order valence-electron chi connectivity index (χ2n) is 5.13. The van der Waals surface area contributed by atoms with Crippen LogP contribution in [0.5, 0.6) is 5.75 Å². The Morgan fingerprint density at radius 2 is 1.75 bits per heavy atom. The van der Waals surface area contributed by atoms with Gasteiger partial charge in [0.1, 0.15) is 11.3 Å². The van der Waals surface area contributed by atoms with Crippen molar-refractivity contribution < 1.29 is 19.4 Å². The number of benzene rings is 1. The molecule has 1 aliphatic carbocycles. The summed E-state index contributed by atoms with van der Waals surface area (Å²) in [6, 6.07) is 6.63. The summed E-state index contributed by atoms with van der Waals surface area (Å²) in [5.41, 5.74) is -0.674. The highest BCUT2D eigenvalue weighted by atomic mass is 16.5. The first-order valence-electron chi connectivity index (χ1n) is 6.77. The predicted molar refractivity (Wildman–Crippen MR) is 73.9 cm³/mol. The highest BCUT2D eigenvalue weighted by molar-refractivity contribution is 5.98. The molecular formula is C15H19NO4. The van der Waals surface area contributed by atoms with Gasteiger partial charge in [0.25, 0.3) is 5.91 Å². The summed E-state index contributed by atoms with van der Waals surface area (Å²) in [7, 11) is 1.55. The number of carboxylic acids is 1. The van der Waals surface area contributed by atoms with Crippen LogP contribution in [0, 0.1) is 0 Å². The van der Waals surface area contributed by atoms with Crippen molar-refractivity contribution in [3.63, 3.8) is 0 Å². The molecule has 20 heavy (non-hydrogen) atoms. The van der Waals surface area contributed by atoms with Crippen molar-refractivity contribution in [2.24, 2.45) is 0 Å². The number of carboxylic acid groups (broad SMARTS) is 1. The Balaban J connectivity index is 2.13. The number of hydrogen-bond acceptors (Lipinski definition) is 3. The highest BCUT2D eigenvalue weighted by Crippen LogP contribution is 2.29. The van der Waals surface area contributed by atoms with E-state index in [1.165, 1.54) is 0 Å².